The molecule has 2 fully saturated rings. The highest BCUT2D eigenvalue weighted by molar-refractivity contribution is 5.91. The van der Waals surface area contributed by atoms with Gasteiger partial charge in [0.25, 0.3) is 5.56 Å². The summed E-state index contributed by atoms with van der Waals surface area (Å²) in [5.74, 6) is 0.692. The van der Waals surface area contributed by atoms with Crippen LogP contribution in [0.2, 0.25) is 0 Å². The van der Waals surface area contributed by atoms with Crippen LogP contribution in [0, 0.1) is 32.1 Å². The number of nitriles is 1. The Morgan fingerprint density at radius 1 is 1.18 bits per heavy atom. The maximum Gasteiger partial charge on any atom is 0.319 e. The molecule has 3 aromatic heterocycles. The number of carbonyl (C=O) groups is 1. The average molecular weight is 597 g/mol. The first-order valence-corrected chi connectivity index (χ1v) is 14.8. The van der Waals surface area contributed by atoms with Crippen molar-refractivity contribution in [3.8, 4) is 17.8 Å². The lowest BCUT2D eigenvalue weighted by Crippen LogP contribution is -2.55. The van der Waals surface area contributed by atoms with Crippen molar-refractivity contribution in [2.24, 2.45) is 0 Å². The number of amides is 1. The molecule has 1 aromatic carbocycles. The van der Waals surface area contributed by atoms with Crippen LogP contribution in [0.5, 0.6) is 6.01 Å². The number of H-pyrrole nitrogens is 1. The number of piperazine rings is 1. The number of rotatable bonds is 7. The third-order valence-corrected chi connectivity index (χ3v) is 8.95. The fourth-order valence-electron chi connectivity index (χ4n) is 6.38. The molecule has 1 amide bonds. The number of benzene rings is 1. The zero-order valence-corrected chi connectivity index (χ0v) is 25.5. The van der Waals surface area contributed by atoms with Crippen molar-refractivity contribution in [1.29, 1.82) is 5.26 Å². The molecule has 2 saturated heterocycles. The van der Waals surface area contributed by atoms with Crippen LogP contribution in [0.15, 0.2) is 29.7 Å². The van der Waals surface area contributed by atoms with E-state index in [1.165, 1.54) is 6.08 Å². The van der Waals surface area contributed by atoms with E-state index in [0.717, 1.165) is 41.4 Å². The number of aromatic nitrogens is 6. The summed E-state index contributed by atoms with van der Waals surface area (Å²) in [4.78, 5) is 47.2. The lowest BCUT2D eigenvalue weighted by atomic mass is 10.0. The first-order chi connectivity index (χ1) is 21.2. The van der Waals surface area contributed by atoms with E-state index in [1.807, 2.05) is 24.8 Å². The quantitative estimate of drug-likeness (QED) is 0.316. The second kappa shape index (κ2) is 11.7. The fourth-order valence-corrected chi connectivity index (χ4v) is 6.38. The molecule has 13 nitrogen and oxygen atoms in total. The van der Waals surface area contributed by atoms with Gasteiger partial charge in [0.1, 0.15) is 17.9 Å². The number of nitrogens with zero attached hydrogens (tertiary/aromatic N) is 9. The van der Waals surface area contributed by atoms with Gasteiger partial charge >= 0.3 is 6.01 Å². The highest BCUT2D eigenvalue weighted by Crippen LogP contribution is 2.31. The van der Waals surface area contributed by atoms with E-state index < -0.39 is 0 Å². The van der Waals surface area contributed by atoms with Crippen molar-refractivity contribution >= 4 is 33.7 Å². The Labute approximate surface area is 254 Å². The molecule has 0 radical (unpaired) electrons. The van der Waals surface area contributed by atoms with Gasteiger partial charge in [0, 0.05) is 31.1 Å². The van der Waals surface area contributed by atoms with Gasteiger partial charge in [-0.25, -0.2) is 4.98 Å². The molecular formula is C31H36N10O3. The van der Waals surface area contributed by atoms with Gasteiger partial charge in [-0.05, 0) is 70.5 Å². The Bertz CT molecular complexity index is 1870. The molecular weight excluding hydrogens is 560 g/mol. The summed E-state index contributed by atoms with van der Waals surface area (Å²) in [7, 11) is 2.07. The normalized spacial score (nSPS) is 19.1. The number of aryl methyl sites for hydroxylation is 2. The predicted molar refractivity (Wildman–Crippen MR) is 166 cm³/mol. The molecule has 0 spiro atoms. The Hall–Kier alpha value is -4.83. The molecule has 1 N–H and O–H groups in total. The lowest BCUT2D eigenvalue weighted by molar-refractivity contribution is -0.128. The number of fused-ring (bicyclic) bond motifs is 2. The van der Waals surface area contributed by atoms with Gasteiger partial charge < -0.3 is 19.4 Å². The van der Waals surface area contributed by atoms with Gasteiger partial charge in [-0.15, -0.1) is 0 Å². The molecule has 5 heterocycles. The van der Waals surface area contributed by atoms with E-state index in [9.17, 15) is 14.9 Å². The largest absolute Gasteiger partial charge is 0.462 e. The number of likely N-dealkylation sites (N-methyl/N-ethyl adjacent to an activating group) is 1. The summed E-state index contributed by atoms with van der Waals surface area (Å²) >= 11 is 0. The van der Waals surface area contributed by atoms with Crippen molar-refractivity contribution in [1.82, 2.24) is 39.5 Å². The summed E-state index contributed by atoms with van der Waals surface area (Å²) in [6, 6.07) is 4.14. The SMILES string of the molecule is C=CC(=O)N1CCN(c2nc(OCC3CCCN3C)nc3c(=O)n(-c4c(C)c(C)cc5[nH]ncc45)c(C)nc23)CC1CC#N. The first kappa shape index (κ1) is 29.3. The monoisotopic (exact) mass is 596 g/mol. The molecule has 13 heteroatoms. The molecule has 44 heavy (non-hydrogen) atoms. The molecule has 0 bridgehead atoms. The number of ether oxygens (including phenoxy) is 1. The third-order valence-electron chi connectivity index (χ3n) is 8.95. The average Bonchev–Trinajstić information content (AvgIpc) is 3.65. The number of nitrogens with one attached hydrogen (secondary N) is 1. The molecule has 2 atom stereocenters. The minimum atomic E-state index is -0.383. The van der Waals surface area contributed by atoms with E-state index in [1.54, 1.807) is 22.6 Å². The molecule has 2 aliphatic heterocycles. The summed E-state index contributed by atoms with van der Waals surface area (Å²) in [6.45, 7) is 11.9. The maximum absolute atomic E-state index is 14.4. The highest BCUT2D eigenvalue weighted by Gasteiger charge is 2.32. The van der Waals surface area contributed by atoms with Crippen LogP contribution in [0.25, 0.3) is 27.6 Å². The second-order valence-electron chi connectivity index (χ2n) is 11.6. The lowest BCUT2D eigenvalue weighted by Gasteiger charge is -2.40. The van der Waals surface area contributed by atoms with Crippen molar-refractivity contribution in [3.63, 3.8) is 0 Å². The van der Waals surface area contributed by atoms with Gasteiger partial charge in [0.2, 0.25) is 5.91 Å². The van der Waals surface area contributed by atoms with E-state index in [2.05, 4.69) is 39.8 Å². The van der Waals surface area contributed by atoms with Crippen LogP contribution >= 0.6 is 0 Å². The van der Waals surface area contributed by atoms with Gasteiger partial charge in [-0.2, -0.15) is 20.3 Å². The summed E-state index contributed by atoms with van der Waals surface area (Å²) in [5.41, 5.74) is 3.60. The molecule has 2 aliphatic rings. The molecule has 0 aliphatic carbocycles. The molecule has 4 aromatic rings. The van der Waals surface area contributed by atoms with Crippen LogP contribution in [-0.2, 0) is 4.79 Å². The van der Waals surface area contributed by atoms with E-state index in [4.69, 9.17) is 14.7 Å². The van der Waals surface area contributed by atoms with E-state index in [0.29, 0.717) is 49.1 Å². The van der Waals surface area contributed by atoms with Gasteiger partial charge in [-0.3, -0.25) is 19.3 Å². The standard InChI is InChI=1S/C31H36N10O3/c1-6-25(42)40-13-12-39(16-21(40)9-10-32)29-26-27(35-31(36-29)44-17-22-8-7-11-38(22)5)30(43)41(20(4)34-26)28-19(3)18(2)14-24-23(28)15-33-37-24/h6,14-15,21-22H,1,7-9,11-13,16-17H2,2-5H3,(H,33,37). The number of anilines is 1. The van der Waals surface area contributed by atoms with Crippen LogP contribution in [0.4, 0.5) is 5.82 Å². The zero-order chi connectivity index (χ0) is 31.1. The maximum atomic E-state index is 14.4. The van der Waals surface area contributed by atoms with Gasteiger partial charge in [-0.1, -0.05) is 6.58 Å². The predicted octanol–water partition coefficient (Wildman–Crippen LogP) is 2.57. The molecule has 0 saturated carbocycles. The number of hydrogen-bond acceptors (Lipinski definition) is 10. The summed E-state index contributed by atoms with van der Waals surface area (Å²) in [6.07, 6.45) is 5.22. The third kappa shape index (κ3) is 5.05. The fraction of sp³-hybridized carbons (Fsp3) is 0.452. The summed E-state index contributed by atoms with van der Waals surface area (Å²) in [5, 5.41) is 17.6. The Kier molecular flexibility index (Phi) is 7.77. The van der Waals surface area contributed by atoms with Crippen LogP contribution < -0.4 is 15.2 Å². The van der Waals surface area contributed by atoms with Crippen molar-refractivity contribution in [2.45, 2.75) is 52.1 Å². The van der Waals surface area contributed by atoms with Crippen LogP contribution in [0.3, 0.4) is 0 Å². The van der Waals surface area contributed by atoms with Crippen molar-refractivity contribution in [3.05, 3.63) is 52.2 Å². The molecule has 228 valence electrons. The van der Waals surface area contributed by atoms with Crippen molar-refractivity contribution < 1.29 is 9.53 Å². The smallest absolute Gasteiger partial charge is 0.319 e. The second-order valence-corrected chi connectivity index (χ2v) is 11.6. The van der Waals surface area contributed by atoms with Crippen LogP contribution in [-0.4, -0.2) is 97.3 Å². The summed E-state index contributed by atoms with van der Waals surface area (Å²) < 4.78 is 7.76. The van der Waals surface area contributed by atoms with E-state index in [-0.39, 0.29) is 41.5 Å². The number of carbonyl (C=O) groups excluding carboxylic acids is 1. The minimum absolute atomic E-state index is 0.0953. The zero-order valence-electron chi connectivity index (χ0n) is 25.5. The van der Waals surface area contributed by atoms with Gasteiger partial charge in [0.05, 0.1) is 35.9 Å². The van der Waals surface area contributed by atoms with Crippen LogP contribution in [0.1, 0.15) is 36.2 Å². The Morgan fingerprint density at radius 2 is 2.00 bits per heavy atom. The molecule has 6 rings (SSSR count). The topological polar surface area (TPSA) is 149 Å². The van der Waals surface area contributed by atoms with E-state index >= 15 is 0 Å². The Morgan fingerprint density at radius 3 is 2.73 bits per heavy atom. The first-order valence-electron chi connectivity index (χ1n) is 14.8. The minimum Gasteiger partial charge on any atom is -0.462 e. The molecule has 2 unspecified atom stereocenters. The number of hydrogen-bond donors (Lipinski definition) is 1. The highest BCUT2D eigenvalue weighted by atomic mass is 16.5. The number of likely N-dealkylation sites (tertiary alicyclic amines) is 1. The van der Waals surface area contributed by atoms with Crippen molar-refractivity contribution in [2.75, 3.05) is 44.7 Å². The Balaban J connectivity index is 1.51. The number of aromatic amines is 1. The van der Waals surface area contributed by atoms with Gasteiger partial charge in [0.15, 0.2) is 11.3 Å².